The molecule has 26 heavy (non-hydrogen) atoms. The lowest BCUT2D eigenvalue weighted by Gasteiger charge is -2.27. The lowest BCUT2D eigenvalue weighted by atomic mass is 9.96. The van der Waals surface area contributed by atoms with Crippen molar-refractivity contribution in [1.29, 1.82) is 0 Å². The number of rotatable bonds is 7. The third kappa shape index (κ3) is 3.88. The van der Waals surface area contributed by atoms with Crippen LogP contribution in [0.5, 0.6) is 5.75 Å². The summed E-state index contributed by atoms with van der Waals surface area (Å²) in [7, 11) is 0. The third-order valence-electron chi connectivity index (χ3n) is 4.67. The van der Waals surface area contributed by atoms with Crippen molar-refractivity contribution in [2.24, 2.45) is 0 Å². The van der Waals surface area contributed by atoms with E-state index < -0.39 is 0 Å². The second kappa shape index (κ2) is 7.87. The topological polar surface area (TPSA) is 51.2 Å². The number of hydrogen-bond donors (Lipinski definition) is 1. The molecule has 0 saturated heterocycles. The van der Waals surface area contributed by atoms with Gasteiger partial charge in [0, 0.05) is 13.0 Å². The van der Waals surface area contributed by atoms with Crippen LogP contribution in [-0.2, 0) is 6.42 Å². The Hall–Kier alpha value is -2.40. The largest absolute Gasteiger partial charge is 0.490 e. The Bertz CT molecular complexity index is 869. The first kappa shape index (κ1) is 17.0. The monoisotopic (exact) mass is 366 g/mol. The number of ether oxygens (including phenoxy) is 1. The summed E-state index contributed by atoms with van der Waals surface area (Å²) in [6.07, 6.45) is 5.39. The van der Waals surface area contributed by atoms with Gasteiger partial charge in [-0.15, -0.1) is 11.3 Å². The van der Waals surface area contributed by atoms with Gasteiger partial charge in [0.15, 0.2) is 0 Å². The number of carbonyl (C=O) groups excluding carboxylic acids is 1. The number of para-hydroxylation sites is 2. The molecule has 1 aliphatic carbocycles. The molecule has 2 aromatic carbocycles. The predicted molar refractivity (Wildman–Crippen MR) is 105 cm³/mol. The summed E-state index contributed by atoms with van der Waals surface area (Å²) in [5.74, 6) is 0.630. The molecule has 134 valence electrons. The van der Waals surface area contributed by atoms with E-state index in [1.807, 2.05) is 42.5 Å². The molecule has 0 unspecified atom stereocenters. The van der Waals surface area contributed by atoms with E-state index in [-0.39, 0.29) is 12.0 Å². The Morgan fingerprint density at radius 2 is 1.96 bits per heavy atom. The van der Waals surface area contributed by atoms with Crippen LogP contribution in [-0.4, -0.2) is 23.5 Å². The van der Waals surface area contributed by atoms with Gasteiger partial charge in [-0.2, -0.15) is 0 Å². The number of thiazole rings is 1. The maximum Gasteiger partial charge on any atom is 0.255 e. The van der Waals surface area contributed by atoms with E-state index in [9.17, 15) is 4.79 Å². The molecule has 1 fully saturated rings. The summed E-state index contributed by atoms with van der Waals surface area (Å²) in [5, 5.41) is 4.13. The maximum atomic E-state index is 12.5. The number of amides is 1. The van der Waals surface area contributed by atoms with Crippen molar-refractivity contribution in [2.75, 3.05) is 6.54 Å². The minimum atomic E-state index is -0.0655. The zero-order valence-corrected chi connectivity index (χ0v) is 15.4. The Morgan fingerprint density at radius 3 is 2.77 bits per heavy atom. The molecule has 1 aromatic heterocycles. The summed E-state index contributed by atoms with van der Waals surface area (Å²) in [6, 6.07) is 15.7. The number of aryl methyl sites for hydroxylation is 1. The molecule has 0 spiro atoms. The van der Waals surface area contributed by atoms with Crippen molar-refractivity contribution in [2.45, 2.75) is 38.2 Å². The smallest absolute Gasteiger partial charge is 0.255 e. The standard InChI is InChI=1S/C21H22N2O2S/c24-21(16-9-1-3-11-18(16)25-15-7-5-8-15)22-14-6-13-20-23-17-10-2-4-12-19(17)26-20/h1-4,9-12,15H,5-8,13-14H2,(H,22,24). The first-order chi connectivity index (χ1) is 12.8. The summed E-state index contributed by atoms with van der Waals surface area (Å²) >= 11 is 1.73. The quantitative estimate of drug-likeness (QED) is 0.622. The molecule has 3 aromatic rings. The van der Waals surface area contributed by atoms with Crippen LogP contribution in [0.3, 0.4) is 0 Å². The first-order valence-corrected chi connectivity index (χ1v) is 9.99. The second-order valence-corrected chi connectivity index (χ2v) is 7.72. The molecule has 0 bridgehead atoms. The van der Waals surface area contributed by atoms with Crippen molar-refractivity contribution < 1.29 is 9.53 Å². The third-order valence-corrected chi connectivity index (χ3v) is 5.76. The van der Waals surface area contributed by atoms with E-state index in [2.05, 4.69) is 16.4 Å². The highest BCUT2D eigenvalue weighted by molar-refractivity contribution is 7.18. The van der Waals surface area contributed by atoms with Crippen LogP contribution in [0.25, 0.3) is 10.2 Å². The summed E-state index contributed by atoms with van der Waals surface area (Å²) in [6.45, 7) is 0.631. The molecule has 1 amide bonds. The molecule has 1 saturated carbocycles. The zero-order valence-electron chi connectivity index (χ0n) is 14.6. The lowest BCUT2D eigenvalue weighted by Crippen LogP contribution is -2.28. The van der Waals surface area contributed by atoms with E-state index in [0.29, 0.717) is 17.9 Å². The summed E-state index contributed by atoms with van der Waals surface area (Å²) in [4.78, 5) is 17.1. The van der Waals surface area contributed by atoms with Crippen molar-refractivity contribution in [3.63, 3.8) is 0 Å². The predicted octanol–water partition coefficient (Wildman–Crippen LogP) is 4.59. The first-order valence-electron chi connectivity index (χ1n) is 9.18. The molecule has 0 radical (unpaired) electrons. The number of aromatic nitrogens is 1. The molecular formula is C21H22N2O2S. The van der Waals surface area contributed by atoms with Crippen molar-refractivity contribution >= 4 is 27.5 Å². The van der Waals surface area contributed by atoms with E-state index in [1.54, 1.807) is 11.3 Å². The van der Waals surface area contributed by atoms with Crippen molar-refractivity contribution in [1.82, 2.24) is 10.3 Å². The molecule has 0 aliphatic heterocycles. The van der Waals surface area contributed by atoms with Gasteiger partial charge in [0.05, 0.1) is 26.9 Å². The van der Waals surface area contributed by atoms with Crippen LogP contribution < -0.4 is 10.1 Å². The Kier molecular flexibility index (Phi) is 5.16. The Balaban J connectivity index is 1.30. The zero-order chi connectivity index (χ0) is 17.8. The van der Waals surface area contributed by atoms with Gasteiger partial charge >= 0.3 is 0 Å². The second-order valence-electron chi connectivity index (χ2n) is 6.60. The molecular weight excluding hydrogens is 344 g/mol. The van der Waals surface area contributed by atoms with Crippen LogP contribution in [0.4, 0.5) is 0 Å². The molecule has 1 heterocycles. The fourth-order valence-electron chi connectivity index (χ4n) is 2.99. The van der Waals surface area contributed by atoms with Gasteiger partial charge in [-0.05, 0) is 49.9 Å². The van der Waals surface area contributed by atoms with Crippen molar-refractivity contribution in [3.05, 3.63) is 59.1 Å². The molecule has 5 heteroatoms. The number of hydrogen-bond acceptors (Lipinski definition) is 4. The number of nitrogens with zero attached hydrogens (tertiary/aromatic N) is 1. The number of benzene rings is 2. The van der Waals surface area contributed by atoms with Crippen molar-refractivity contribution in [3.8, 4) is 5.75 Å². The van der Waals surface area contributed by atoms with E-state index >= 15 is 0 Å². The average molecular weight is 366 g/mol. The van der Waals surface area contributed by atoms with E-state index in [1.165, 1.54) is 11.1 Å². The van der Waals surface area contributed by atoms with Crippen LogP contribution in [0.2, 0.25) is 0 Å². The summed E-state index contributed by atoms with van der Waals surface area (Å²) < 4.78 is 7.16. The van der Waals surface area contributed by atoms with Crippen LogP contribution in [0, 0.1) is 0 Å². The molecule has 0 atom stereocenters. The summed E-state index contributed by atoms with van der Waals surface area (Å²) in [5.41, 5.74) is 1.68. The molecule has 1 N–H and O–H groups in total. The highest BCUT2D eigenvalue weighted by atomic mass is 32.1. The highest BCUT2D eigenvalue weighted by Gasteiger charge is 2.21. The van der Waals surface area contributed by atoms with Gasteiger partial charge in [-0.1, -0.05) is 24.3 Å². The van der Waals surface area contributed by atoms with E-state index in [0.717, 1.165) is 36.2 Å². The Morgan fingerprint density at radius 1 is 1.15 bits per heavy atom. The van der Waals surface area contributed by atoms with E-state index in [4.69, 9.17) is 4.74 Å². The van der Waals surface area contributed by atoms with Crippen LogP contribution in [0.1, 0.15) is 41.0 Å². The fourth-order valence-corrected chi connectivity index (χ4v) is 4.00. The molecule has 4 rings (SSSR count). The van der Waals surface area contributed by atoms with Gasteiger partial charge in [0.1, 0.15) is 5.75 Å². The minimum absolute atomic E-state index is 0.0655. The fraction of sp³-hybridized carbons (Fsp3) is 0.333. The van der Waals surface area contributed by atoms with Crippen LogP contribution >= 0.6 is 11.3 Å². The number of fused-ring (bicyclic) bond motifs is 1. The maximum absolute atomic E-state index is 12.5. The normalized spacial score (nSPS) is 14.2. The lowest BCUT2D eigenvalue weighted by molar-refractivity contribution is 0.0927. The highest BCUT2D eigenvalue weighted by Crippen LogP contribution is 2.27. The SMILES string of the molecule is O=C(NCCCc1nc2ccccc2s1)c1ccccc1OC1CCC1. The Labute approximate surface area is 157 Å². The van der Waals surface area contributed by atoms with Gasteiger partial charge in [0.25, 0.3) is 5.91 Å². The molecule has 1 aliphatic rings. The minimum Gasteiger partial charge on any atom is -0.490 e. The average Bonchev–Trinajstić information content (AvgIpc) is 3.05. The van der Waals surface area contributed by atoms with Crippen LogP contribution in [0.15, 0.2) is 48.5 Å². The number of carbonyl (C=O) groups is 1. The number of nitrogens with one attached hydrogen (secondary N) is 1. The van der Waals surface area contributed by atoms with Gasteiger partial charge in [-0.25, -0.2) is 4.98 Å². The van der Waals surface area contributed by atoms with Gasteiger partial charge in [-0.3, -0.25) is 4.79 Å². The molecule has 4 nitrogen and oxygen atoms in total. The van der Waals surface area contributed by atoms with Gasteiger partial charge < -0.3 is 10.1 Å². The van der Waals surface area contributed by atoms with Gasteiger partial charge in [0.2, 0.25) is 0 Å².